The van der Waals surface area contributed by atoms with Gasteiger partial charge in [-0.05, 0) is 50.7 Å². The van der Waals surface area contributed by atoms with E-state index in [0.717, 1.165) is 184 Å². The fourth-order valence-corrected chi connectivity index (χ4v) is 9.09. The third-order valence-corrected chi connectivity index (χ3v) is 12.7. The second-order valence-corrected chi connectivity index (χ2v) is 20.2. The van der Waals surface area contributed by atoms with Crippen LogP contribution in [0.3, 0.4) is 0 Å². The van der Waals surface area contributed by atoms with Crippen molar-refractivity contribution in [3.05, 3.63) is 60.2 Å². The number of nitrogens with one attached hydrogen (secondary N) is 2. The molecule has 0 fully saturated rings. The Hall–Kier alpha value is -4.38. The van der Waals surface area contributed by atoms with Gasteiger partial charge in [-0.3, -0.25) is 0 Å². The Morgan fingerprint density at radius 2 is 0.855 bits per heavy atom. The number of benzene rings is 2. The molecule has 62 heavy (non-hydrogen) atoms. The van der Waals surface area contributed by atoms with E-state index in [9.17, 15) is 16.8 Å². The van der Waals surface area contributed by atoms with E-state index in [1.165, 1.54) is 12.5 Å². The third kappa shape index (κ3) is 14.3. The van der Waals surface area contributed by atoms with Crippen LogP contribution < -0.4 is 20.9 Å². The summed E-state index contributed by atoms with van der Waals surface area (Å²) in [6, 6.07) is 16.3. The lowest BCUT2D eigenvalue weighted by Crippen LogP contribution is -2.22. The summed E-state index contributed by atoms with van der Waals surface area (Å²) >= 11 is 0. The van der Waals surface area contributed by atoms with Crippen molar-refractivity contribution in [3.8, 4) is 0 Å². The Morgan fingerprint density at radius 1 is 0.500 bits per heavy atom. The molecular formula is C46H70N10O4S2. The lowest BCUT2D eigenvalue weighted by molar-refractivity contribution is 0.541. The van der Waals surface area contributed by atoms with Gasteiger partial charge in [-0.25, -0.2) is 46.2 Å². The summed E-state index contributed by atoms with van der Waals surface area (Å²) in [7, 11) is -6.14. The van der Waals surface area contributed by atoms with Crippen molar-refractivity contribution in [2.45, 2.75) is 143 Å². The Morgan fingerprint density at radius 3 is 1.23 bits per heavy atom. The predicted molar refractivity (Wildman–Crippen MR) is 257 cm³/mol. The number of anilines is 2. The molecule has 0 unspecified atom stereocenters. The molecule has 16 heteroatoms. The quantitative estimate of drug-likeness (QED) is 0.0381. The first-order valence-electron chi connectivity index (χ1n) is 22.8. The van der Waals surface area contributed by atoms with Crippen LogP contribution in [-0.4, -0.2) is 71.5 Å². The number of aryl methyl sites for hydroxylation is 4. The summed E-state index contributed by atoms with van der Waals surface area (Å²) < 4.78 is 54.1. The summed E-state index contributed by atoms with van der Waals surface area (Å²) in [6.07, 6.45) is 21.7. The van der Waals surface area contributed by atoms with Crippen molar-refractivity contribution in [2.75, 3.05) is 37.1 Å². The lowest BCUT2D eigenvalue weighted by atomic mass is 10.1. The topological polar surface area (TPSA) is 206 Å². The average Bonchev–Trinajstić information content (AvgIpc) is 3.79. The van der Waals surface area contributed by atoms with Gasteiger partial charge >= 0.3 is 0 Å². The van der Waals surface area contributed by atoms with Gasteiger partial charge in [0.25, 0.3) is 0 Å². The first-order chi connectivity index (χ1) is 29.8. The van der Waals surface area contributed by atoms with Crippen molar-refractivity contribution in [1.29, 1.82) is 0 Å². The van der Waals surface area contributed by atoms with Gasteiger partial charge in [0.2, 0.25) is 20.0 Å². The number of rotatable bonds is 26. The molecule has 0 atom stereocenters. The molecule has 0 bridgehead atoms. The van der Waals surface area contributed by atoms with Crippen molar-refractivity contribution < 1.29 is 16.8 Å². The summed E-state index contributed by atoms with van der Waals surface area (Å²) in [5.41, 5.74) is 18.2. The summed E-state index contributed by atoms with van der Waals surface area (Å²) in [5, 5.41) is 2.22. The standard InChI is InChI=1S/2C23H35N5O2S/c2*1-3-4-15-20-27-21-22(18-13-9-10-14-19(18)26-23(21)24)28(20)17-12-8-6-5-7-11-16-25-31(2,29)30/h2*9-10,13-14,25H,3-8,11-12,15-17H2,1-2H3,(H2,24,26). The van der Waals surface area contributed by atoms with E-state index in [-0.39, 0.29) is 0 Å². The number of unbranched alkanes of at least 4 members (excludes halogenated alkanes) is 12. The number of nitrogen functional groups attached to an aromatic ring is 2. The first kappa shape index (κ1) is 48.6. The molecule has 0 spiro atoms. The highest BCUT2D eigenvalue weighted by molar-refractivity contribution is 7.89. The Labute approximate surface area is 369 Å². The molecule has 0 aliphatic heterocycles. The first-order valence-corrected chi connectivity index (χ1v) is 26.6. The van der Waals surface area contributed by atoms with Crippen molar-refractivity contribution in [1.82, 2.24) is 38.5 Å². The molecule has 0 amide bonds. The van der Waals surface area contributed by atoms with Gasteiger partial charge in [0.15, 0.2) is 11.6 Å². The molecule has 6 rings (SSSR count). The van der Waals surface area contributed by atoms with Gasteiger partial charge in [-0.15, -0.1) is 0 Å². The Bertz CT molecular complexity index is 2390. The van der Waals surface area contributed by atoms with E-state index >= 15 is 0 Å². The molecule has 4 aromatic heterocycles. The smallest absolute Gasteiger partial charge is 0.208 e. The van der Waals surface area contributed by atoms with Crippen LogP contribution in [0, 0.1) is 0 Å². The molecule has 4 heterocycles. The predicted octanol–water partition coefficient (Wildman–Crippen LogP) is 8.80. The number of para-hydroxylation sites is 2. The molecule has 14 nitrogen and oxygen atoms in total. The largest absolute Gasteiger partial charge is 0.382 e. The van der Waals surface area contributed by atoms with Crippen LogP contribution in [0.1, 0.15) is 128 Å². The number of sulfonamides is 2. The maximum Gasteiger partial charge on any atom is 0.208 e. The molecule has 0 saturated carbocycles. The Kier molecular flexibility index (Phi) is 18.7. The highest BCUT2D eigenvalue weighted by Gasteiger charge is 2.18. The van der Waals surface area contributed by atoms with Gasteiger partial charge in [0, 0.05) is 49.8 Å². The lowest BCUT2D eigenvalue weighted by Gasteiger charge is -2.11. The molecular weight excluding hydrogens is 821 g/mol. The number of hydrogen-bond donors (Lipinski definition) is 4. The fourth-order valence-electron chi connectivity index (χ4n) is 8.06. The number of imidazole rings is 2. The highest BCUT2D eigenvalue weighted by Crippen LogP contribution is 2.31. The number of hydrogen-bond acceptors (Lipinski definition) is 10. The highest BCUT2D eigenvalue weighted by atomic mass is 32.2. The molecule has 0 saturated heterocycles. The van der Waals surface area contributed by atoms with Crippen LogP contribution in [-0.2, 0) is 46.0 Å². The van der Waals surface area contributed by atoms with E-state index in [2.05, 4.69) is 54.5 Å². The minimum absolute atomic E-state index is 0.507. The minimum atomic E-state index is -3.07. The van der Waals surface area contributed by atoms with E-state index in [1.54, 1.807) is 0 Å². The maximum atomic E-state index is 11.1. The summed E-state index contributed by atoms with van der Waals surface area (Å²) in [4.78, 5) is 18.9. The molecule has 2 aromatic carbocycles. The molecule has 0 aliphatic rings. The third-order valence-electron chi connectivity index (χ3n) is 11.2. The van der Waals surface area contributed by atoms with Crippen LogP contribution in [0.2, 0.25) is 0 Å². The van der Waals surface area contributed by atoms with Gasteiger partial charge in [0.05, 0.1) is 34.6 Å². The van der Waals surface area contributed by atoms with Crippen LogP contribution in [0.5, 0.6) is 0 Å². The number of nitrogens with two attached hydrogens (primary N) is 2. The SMILES string of the molecule is CCCCc1nc2c(N)nc3ccccc3c2n1CCCCCCCCNS(C)(=O)=O.CCCCc1nc2c(N)nc3ccccc3c2n1CCCCCCCCNS(C)(=O)=O. The zero-order chi connectivity index (χ0) is 44.5. The minimum Gasteiger partial charge on any atom is -0.382 e. The molecule has 6 aromatic rings. The second-order valence-electron chi connectivity index (χ2n) is 16.6. The normalized spacial score (nSPS) is 12.2. The van der Waals surface area contributed by atoms with Gasteiger partial charge in [-0.1, -0.05) is 114 Å². The van der Waals surface area contributed by atoms with Crippen molar-refractivity contribution in [2.24, 2.45) is 0 Å². The monoisotopic (exact) mass is 891 g/mol. The number of pyridine rings is 2. The van der Waals surface area contributed by atoms with Crippen LogP contribution in [0.25, 0.3) is 43.9 Å². The van der Waals surface area contributed by atoms with Crippen molar-refractivity contribution >= 4 is 75.6 Å². The van der Waals surface area contributed by atoms with E-state index in [0.29, 0.717) is 24.7 Å². The maximum absolute atomic E-state index is 11.1. The van der Waals surface area contributed by atoms with E-state index in [4.69, 9.17) is 21.4 Å². The summed E-state index contributed by atoms with van der Waals surface area (Å²) in [5.74, 6) is 3.22. The van der Waals surface area contributed by atoms with Gasteiger partial charge in [-0.2, -0.15) is 0 Å². The van der Waals surface area contributed by atoms with Gasteiger partial charge in [0.1, 0.15) is 22.7 Å². The van der Waals surface area contributed by atoms with Crippen LogP contribution in [0.15, 0.2) is 48.5 Å². The molecule has 6 N–H and O–H groups in total. The van der Waals surface area contributed by atoms with E-state index in [1.807, 2.05) is 36.4 Å². The zero-order valence-electron chi connectivity index (χ0n) is 37.5. The molecule has 340 valence electrons. The van der Waals surface area contributed by atoms with Crippen LogP contribution in [0.4, 0.5) is 11.6 Å². The average molecular weight is 891 g/mol. The van der Waals surface area contributed by atoms with Crippen LogP contribution >= 0.6 is 0 Å². The summed E-state index contributed by atoms with van der Waals surface area (Å²) in [6.45, 7) is 7.32. The van der Waals surface area contributed by atoms with Crippen molar-refractivity contribution in [3.63, 3.8) is 0 Å². The molecule has 0 aliphatic carbocycles. The zero-order valence-corrected chi connectivity index (χ0v) is 39.1. The van der Waals surface area contributed by atoms with Gasteiger partial charge < -0.3 is 20.6 Å². The number of fused-ring (bicyclic) bond motifs is 6. The fraction of sp³-hybridized carbons (Fsp3) is 0.565. The number of nitrogens with zero attached hydrogens (tertiary/aromatic N) is 6. The Balaban J connectivity index is 0.000000234. The molecule has 0 radical (unpaired) electrons. The van der Waals surface area contributed by atoms with E-state index < -0.39 is 20.0 Å². The number of aromatic nitrogens is 6. The second kappa shape index (κ2) is 23.9.